The number of ether oxygens (including phenoxy) is 1. The Balaban J connectivity index is 1.55. The molecule has 154 valence electrons. The molecule has 7 heteroatoms. The standard InChI is InChI=1S/C23H22N2O5/c26-20(24-12-6-7-13-24)15-30-23(29)19(14-16-8-2-1-3-9-16)25-21(27)17-10-4-5-11-18(17)22(25)28/h1-5,8-11,19H,6-7,12-15H2/t19-/m0/s1. The van der Waals surface area contributed by atoms with Crippen LogP contribution in [0, 0.1) is 0 Å². The third-order valence-electron chi connectivity index (χ3n) is 5.48. The molecule has 0 unspecified atom stereocenters. The van der Waals surface area contributed by atoms with Gasteiger partial charge in [-0.3, -0.25) is 19.3 Å². The van der Waals surface area contributed by atoms with Crippen LogP contribution in [0.5, 0.6) is 0 Å². The fourth-order valence-corrected chi connectivity index (χ4v) is 3.90. The Morgan fingerprint density at radius 3 is 2.03 bits per heavy atom. The first-order valence-electron chi connectivity index (χ1n) is 10.0. The monoisotopic (exact) mass is 406 g/mol. The summed E-state index contributed by atoms with van der Waals surface area (Å²) in [4.78, 5) is 53.7. The Labute approximate surface area is 174 Å². The van der Waals surface area contributed by atoms with Gasteiger partial charge in [0.25, 0.3) is 17.7 Å². The van der Waals surface area contributed by atoms with Crippen molar-refractivity contribution in [2.24, 2.45) is 0 Å². The van der Waals surface area contributed by atoms with E-state index in [1.165, 1.54) is 0 Å². The molecule has 1 fully saturated rings. The van der Waals surface area contributed by atoms with E-state index in [9.17, 15) is 19.2 Å². The number of likely N-dealkylation sites (tertiary alicyclic amines) is 1. The van der Waals surface area contributed by atoms with E-state index in [0.717, 1.165) is 23.3 Å². The first-order valence-corrected chi connectivity index (χ1v) is 10.0. The van der Waals surface area contributed by atoms with E-state index in [2.05, 4.69) is 0 Å². The van der Waals surface area contributed by atoms with E-state index in [1.807, 2.05) is 30.3 Å². The molecule has 0 aliphatic carbocycles. The van der Waals surface area contributed by atoms with Crippen molar-refractivity contribution < 1.29 is 23.9 Å². The lowest BCUT2D eigenvalue weighted by atomic mass is 10.0. The van der Waals surface area contributed by atoms with Crippen LogP contribution in [0.25, 0.3) is 0 Å². The minimum Gasteiger partial charge on any atom is -0.454 e. The highest BCUT2D eigenvalue weighted by Gasteiger charge is 2.43. The zero-order valence-corrected chi connectivity index (χ0v) is 16.5. The summed E-state index contributed by atoms with van der Waals surface area (Å²) in [7, 11) is 0. The van der Waals surface area contributed by atoms with E-state index < -0.39 is 30.4 Å². The van der Waals surface area contributed by atoms with Gasteiger partial charge in [-0.05, 0) is 30.5 Å². The van der Waals surface area contributed by atoms with Crippen LogP contribution in [0.2, 0.25) is 0 Å². The number of benzene rings is 2. The lowest BCUT2D eigenvalue weighted by Crippen LogP contribution is -2.47. The SMILES string of the molecule is O=C(OCC(=O)N1CCCC1)[C@H](Cc1ccccc1)N1C(=O)c2ccccc2C1=O. The van der Waals surface area contributed by atoms with Gasteiger partial charge in [-0.1, -0.05) is 42.5 Å². The second-order valence-electron chi connectivity index (χ2n) is 7.43. The summed E-state index contributed by atoms with van der Waals surface area (Å²) in [5.41, 5.74) is 1.31. The van der Waals surface area contributed by atoms with Gasteiger partial charge >= 0.3 is 5.97 Å². The van der Waals surface area contributed by atoms with Crippen LogP contribution in [0.15, 0.2) is 54.6 Å². The second-order valence-corrected chi connectivity index (χ2v) is 7.43. The van der Waals surface area contributed by atoms with Crippen molar-refractivity contribution in [2.45, 2.75) is 25.3 Å². The van der Waals surface area contributed by atoms with Crippen molar-refractivity contribution >= 4 is 23.7 Å². The van der Waals surface area contributed by atoms with E-state index >= 15 is 0 Å². The van der Waals surface area contributed by atoms with Gasteiger partial charge in [-0.2, -0.15) is 0 Å². The highest BCUT2D eigenvalue weighted by atomic mass is 16.5. The predicted octanol–water partition coefficient (Wildman–Crippen LogP) is 2.06. The maximum Gasteiger partial charge on any atom is 0.330 e. The van der Waals surface area contributed by atoms with E-state index in [1.54, 1.807) is 29.2 Å². The van der Waals surface area contributed by atoms with Crippen LogP contribution in [0.4, 0.5) is 0 Å². The smallest absolute Gasteiger partial charge is 0.330 e. The molecule has 4 rings (SSSR count). The summed E-state index contributed by atoms with van der Waals surface area (Å²) >= 11 is 0. The van der Waals surface area contributed by atoms with Gasteiger partial charge < -0.3 is 9.64 Å². The number of carbonyl (C=O) groups is 4. The zero-order valence-electron chi connectivity index (χ0n) is 16.5. The molecular formula is C23H22N2O5. The fourth-order valence-electron chi connectivity index (χ4n) is 3.90. The highest BCUT2D eigenvalue weighted by molar-refractivity contribution is 6.22. The van der Waals surface area contributed by atoms with Gasteiger partial charge in [-0.25, -0.2) is 4.79 Å². The maximum absolute atomic E-state index is 13.0. The number of fused-ring (bicyclic) bond motifs is 1. The Bertz CT molecular complexity index is 947. The molecule has 3 amide bonds. The third kappa shape index (κ3) is 3.83. The van der Waals surface area contributed by atoms with Crippen molar-refractivity contribution in [2.75, 3.05) is 19.7 Å². The van der Waals surface area contributed by atoms with Crippen LogP contribution < -0.4 is 0 Å². The van der Waals surface area contributed by atoms with Gasteiger partial charge in [0.15, 0.2) is 6.61 Å². The van der Waals surface area contributed by atoms with E-state index in [0.29, 0.717) is 13.1 Å². The number of rotatable bonds is 6. The number of hydrogen-bond acceptors (Lipinski definition) is 5. The maximum atomic E-state index is 13.0. The van der Waals surface area contributed by atoms with Crippen LogP contribution in [0.3, 0.4) is 0 Å². The molecule has 0 bridgehead atoms. The molecule has 0 saturated carbocycles. The van der Waals surface area contributed by atoms with E-state index in [-0.39, 0.29) is 23.5 Å². The summed E-state index contributed by atoms with van der Waals surface area (Å²) < 4.78 is 5.28. The highest BCUT2D eigenvalue weighted by Crippen LogP contribution is 2.26. The normalized spacial score (nSPS) is 16.5. The molecule has 2 heterocycles. The minimum absolute atomic E-state index is 0.114. The molecule has 2 aliphatic heterocycles. The number of nitrogens with zero attached hydrogens (tertiary/aromatic N) is 2. The van der Waals surface area contributed by atoms with Crippen LogP contribution >= 0.6 is 0 Å². The molecule has 2 aliphatic rings. The second kappa shape index (κ2) is 8.49. The summed E-state index contributed by atoms with van der Waals surface area (Å²) in [6, 6.07) is 14.4. The zero-order chi connectivity index (χ0) is 21.1. The topological polar surface area (TPSA) is 84.0 Å². The van der Waals surface area contributed by atoms with Crippen LogP contribution in [0.1, 0.15) is 39.1 Å². The van der Waals surface area contributed by atoms with Gasteiger partial charge in [0.05, 0.1) is 11.1 Å². The Morgan fingerprint density at radius 1 is 0.867 bits per heavy atom. The molecule has 2 aromatic carbocycles. The summed E-state index contributed by atoms with van der Waals surface area (Å²) in [6.45, 7) is 0.914. The minimum atomic E-state index is -1.15. The first-order chi connectivity index (χ1) is 14.6. The van der Waals surface area contributed by atoms with Crippen molar-refractivity contribution in [1.29, 1.82) is 0 Å². The van der Waals surface area contributed by atoms with Crippen LogP contribution in [-0.4, -0.2) is 59.2 Å². The van der Waals surface area contributed by atoms with Gasteiger partial charge in [0, 0.05) is 19.5 Å². The third-order valence-corrected chi connectivity index (χ3v) is 5.48. The first kappa shape index (κ1) is 19.8. The van der Waals surface area contributed by atoms with Crippen molar-refractivity contribution in [1.82, 2.24) is 9.80 Å². The molecule has 2 aromatic rings. The van der Waals surface area contributed by atoms with E-state index in [4.69, 9.17) is 4.74 Å². The van der Waals surface area contributed by atoms with Gasteiger partial charge in [-0.15, -0.1) is 0 Å². The number of esters is 1. The Kier molecular flexibility index (Phi) is 5.61. The molecule has 1 saturated heterocycles. The number of carbonyl (C=O) groups excluding carboxylic acids is 4. The number of hydrogen-bond donors (Lipinski definition) is 0. The molecule has 30 heavy (non-hydrogen) atoms. The molecular weight excluding hydrogens is 384 g/mol. The molecule has 7 nitrogen and oxygen atoms in total. The lowest BCUT2D eigenvalue weighted by molar-refractivity contribution is -0.154. The quantitative estimate of drug-likeness (QED) is 0.542. The average molecular weight is 406 g/mol. The summed E-state index contributed by atoms with van der Waals surface area (Å²) in [5, 5.41) is 0. The lowest BCUT2D eigenvalue weighted by Gasteiger charge is -2.25. The summed E-state index contributed by atoms with van der Waals surface area (Å²) in [5.74, 6) is -2.08. The largest absolute Gasteiger partial charge is 0.454 e. The Hall–Kier alpha value is -3.48. The molecule has 0 N–H and O–H groups in total. The molecule has 0 radical (unpaired) electrons. The van der Waals surface area contributed by atoms with Crippen LogP contribution in [-0.2, 0) is 20.7 Å². The van der Waals surface area contributed by atoms with Gasteiger partial charge in [0.2, 0.25) is 0 Å². The molecule has 1 atom stereocenters. The number of imide groups is 1. The van der Waals surface area contributed by atoms with Crippen molar-refractivity contribution in [3.8, 4) is 0 Å². The average Bonchev–Trinajstić information content (AvgIpc) is 3.39. The predicted molar refractivity (Wildman–Crippen MR) is 108 cm³/mol. The molecule has 0 spiro atoms. The van der Waals surface area contributed by atoms with Gasteiger partial charge in [0.1, 0.15) is 6.04 Å². The van der Waals surface area contributed by atoms with Crippen molar-refractivity contribution in [3.63, 3.8) is 0 Å². The fraction of sp³-hybridized carbons (Fsp3) is 0.304. The Morgan fingerprint density at radius 2 is 1.43 bits per heavy atom. The van der Waals surface area contributed by atoms with Crippen molar-refractivity contribution in [3.05, 3.63) is 71.3 Å². The summed E-state index contributed by atoms with van der Waals surface area (Å²) in [6.07, 6.45) is 1.99. The number of amides is 3. The molecule has 0 aromatic heterocycles.